The Kier molecular flexibility index (Phi) is 9.60. The van der Waals surface area contributed by atoms with Crippen LogP contribution >= 0.6 is 0 Å². The molecule has 1 amide bonds. The molecule has 0 aromatic heterocycles. The number of esters is 1. The molecule has 0 heterocycles. The number of carbonyl (C=O) groups is 3. The van der Waals surface area contributed by atoms with Crippen molar-refractivity contribution in [2.45, 2.75) is 51.9 Å². The van der Waals surface area contributed by atoms with E-state index in [-0.39, 0.29) is 26.1 Å². The van der Waals surface area contributed by atoms with Crippen molar-refractivity contribution < 1.29 is 29.0 Å². The predicted octanol–water partition coefficient (Wildman–Crippen LogP) is 3.71. The summed E-state index contributed by atoms with van der Waals surface area (Å²) in [6.07, 6.45) is -0.0481. The van der Waals surface area contributed by atoms with E-state index in [1.165, 1.54) is 11.9 Å². The SMILES string of the molecule is CN(C(=O)[C@H](COC(C)(C)C)CC(=O)OCc1ccccc1)[C@@H](Cc1ccccc1)C(=O)O. The zero-order valence-electron chi connectivity index (χ0n) is 19.7. The monoisotopic (exact) mass is 455 g/mol. The maximum atomic E-state index is 13.3. The molecular formula is C26H33NO6. The van der Waals surface area contributed by atoms with Gasteiger partial charge in [0.05, 0.1) is 24.5 Å². The molecular weight excluding hydrogens is 422 g/mol. The fourth-order valence-corrected chi connectivity index (χ4v) is 3.24. The summed E-state index contributed by atoms with van der Waals surface area (Å²) in [5.41, 5.74) is 1.11. The van der Waals surface area contributed by atoms with E-state index in [0.29, 0.717) is 0 Å². The first-order chi connectivity index (χ1) is 15.6. The Morgan fingerprint density at radius 1 is 0.939 bits per heavy atom. The van der Waals surface area contributed by atoms with Crippen LogP contribution in [0.2, 0.25) is 0 Å². The second-order valence-corrected chi connectivity index (χ2v) is 8.96. The summed E-state index contributed by atoms with van der Waals surface area (Å²) < 4.78 is 11.1. The molecule has 33 heavy (non-hydrogen) atoms. The number of likely N-dealkylation sites (N-methyl/N-ethyl adjacent to an activating group) is 1. The number of aliphatic carboxylic acids is 1. The summed E-state index contributed by atoms with van der Waals surface area (Å²) in [5.74, 6) is -3.00. The number of hydrogen-bond donors (Lipinski definition) is 1. The van der Waals surface area contributed by atoms with Crippen LogP contribution in [0.15, 0.2) is 60.7 Å². The van der Waals surface area contributed by atoms with E-state index in [4.69, 9.17) is 9.47 Å². The smallest absolute Gasteiger partial charge is 0.326 e. The Hall–Kier alpha value is -3.19. The highest BCUT2D eigenvalue weighted by molar-refractivity contribution is 5.87. The summed E-state index contributed by atoms with van der Waals surface area (Å²) in [4.78, 5) is 38.9. The van der Waals surface area contributed by atoms with E-state index in [1.54, 1.807) is 0 Å². The Morgan fingerprint density at radius 3 is 2.00 bits per heavy atom. The first kappa shape index (κ1) is 26.1. The maximum Gasteiger partial charge on any atom is 0.326 e. The van der Waals surface area contributed by atoms with Gasteiger partial charge in [-0.1, -0.05) is 60.7 Å². The van der Waals surface area contributed by atoms with Gasteiger partial charge in [-0.2, -0.15) is 0 Å². The molecule has 7 heteroatoms. The highest BCUT2D eigenvalue weighted by atomic mass is 16.5. The third-order valence-electron chi connectivity index (χ3n) is 5.09. The predicted molar refractivity (Wildman–Crippen MR) is 124 cm³/mol. The highest BCUT2D eigenvalue weighted by Crippen LogP contribution is 2.18. The lowest BCUT2D eigenvalue weighted by Gasteiger charge is -2.30. The number of ether oxygens (including phenoxy) is 2. The van der Waals surface area contributed by atoms with Gasteiger partial charge in [-0.05, 0) is 31.9 Å². The second kappa shape index (κ2) is 12.2. The third-order valence-corrected chi connectivity index (χ3v) is 5.09. The van der Waals surface area contributed by atoms with Crippen LogP contribution in [0.25, 0.3) is 0 Å². The summed E-state index contributed by atoms with van der Waals surface area (Å²) in [6, 6.07) is 17.3. The van der Waals surface area contributed by atoms with Crippen molar-refractivity contribution in [2.75, 3.05) is 13.7 Å². The number of nitrogens with zero attached hydrogens (tertiary/aromatic N) is 1. The zero-order valence-corrected chi connectivity index (χ0v) is 19.7. The summed E-state index contributed by atoms with van der Waals surface area (Å²) in [6.45, 7) is 5.62. The molecule has 0 aliphatic heterocycles. The van der Waals surface area contributed by atoms with Gasteiger partial charge in [0.15, 0.2) is 0 Å². The minimum Gasteiger partial charge on any atom is -0.480 e. The number of carboxylic acid groups (broad SMARTS) is 1. The normalized spacial score (nSPS) is 13.1. The molecule has 0 fully saturated rings. The lowest BCUT2D eigenvalue weighted by molar-refractivity contribution is -0.156. The van der Waals surface area contributed by atoms with Gasteiger partial charge in [0.25, 0.3) is 0 Å². The summed E-state index contributed by atoms with van der Waals surface area (Å²) in [7, 11) is 1.45. The van der Waals surface area contributed by atoms with Crippen LogP contribution < -0.4 is 0 Å². The minimum atomic E-state index is -1.11. The maximum absolute atomic E-state index is 13.3. The molecule has 7 nitrogen and oxygen atoms in total. The fourth-order valence-electron chi connectivity index (χ4n) is 3.24. The standard InChI is InChI=1S/C26H33NO6/c1-26(2,3)33-18-21(16-23(28)32-17-20-13-9-6-10-14-20)24(29)27(4)22(25(30)31)15-19-11-7-5-8-12-19/h5-14,21-22H,15-18H2,1-4H3,(H,30,31)/t21-,22-/m0/s1. The van der Waals surface area contributed by atoms with Gasteiger partial charge in [0, 0.05) is 13.5 Å². The van der Waals surface area contributed by atoms with Gasteiger partial charge in [-0.3, -0.25) is 9.59 Å². The van der Waals surface area contributed by atoms with Crippen LogP contribution in [-0.4, -0.2) is 53.1 Å². The molecule has 2 rings (SSSR count). The molecule has 0 saturated heterocycles. The molecule has 178 valence electrons. The van der Waals surface area contributed by atoms with Crippen molar-refractivity contribution >= 4 is 17.8 Å². The molecule has 0 aliphatic rings. The summed E-state index contributed by atoms with van der Waals surface area (Å²) >= 11 is 0. The number of carbonyl (C=O) groups excluding carboxylic acids is 2. The fraction of sp³-hybridized carbons (Fsp3) is 0.423. The number of carboxylic acids is 1. The lowest BCUT2D eigenvalue weighted by atomic mass is 10.0. The van der Waals surface area contributed by atoms with E-state index in [0.717, 1.165) is 11.1 Å². The molecule has 2 atom stereocenters. The van der Waals surface area contributed by atoms with Crippen molar-refractivity contribution in [2.24, 2.45) is 5.92 Å². The third kappa shape index (κ3) is 9.06. The zero-order chi connectivity index (χ0) is 24.4. The molecule has 0 radical (unpaired) electrons. The number of benzene rings is 2. The quantitative estimate of drug-likeness (QED) is 0.519. The number of rotatable bonds is 11. The van der Waals surface area contributed by atoms with Gasteiger partial charge in [-0.15, -0.1) is 0 Å². The van der Waals surface area contributed by atoms with Crippen LogP contribution in [0.5, 0.6) is 0 Å². The molecule has 0 spiro atoms. The van der Waals surface area contributed by atoms with E-state index >= 15 is 0 Å². The van der Waals surface area contributed by atoms with Crippen molar-refractivity contribution in [3.05, 3.63) is 71.8 Å². The van der Waals surface area contributed by atoms with Crippen LogP contribution in [0.4, 0.5) is 0 Å². The van der Waals surface area contributed by atoms with Gasteiger partial charge in [-0.25, -0.2) is 4.79 Å². The highest BCUT2D eigenvalue weighted by Gasteiger charge is 2.33. The van der Waals surface area contributed by atoms with E-state index in [9.17, 15) is 19.5 Å². The summed E-state index contributed by atoms with van der Waals surface area (Å²) in [5, 5.41) is 9.77. The second-order valence-electron chi connectivity index (χ2n) is 8.96. The Labute approximate surface area is 195 Å². The Morgan fingerprint density at radius 2 is 1.48 bits per heavy atom. The average Bonchev–Trinajstić information content (AvgIpc) is 2.78. The largest absolute Gasteiger partial charge is 0.480 e. The molecule has 0 saturated carbocycles. The van der Waals surface area contributed by atoms with Crippen molar-refractivity contribution in [1.82, 2.24) is 4.90 Å². The van der Waals surface area contributed by atoms with E-state index < -0.39 is 35.4 Å². The average molecular weight is 456 g/mol. The molecule has 1 N–H and O–H groups in total. The van der Waals surface area contributed by atoms with Crippen LogP contribution in [0, 0.1) is 5.92 Å². The topological polar surface area (TPSA) is 93.1 Å². The molecule has 0 unspecified atom stereocenters. The molecule has 2 aromatic carbocycles. The van der Waals surface area contributed by atoms with Crippen LogP contribution in [-0.2, 0) is 36.9 Å². The van der Waals surface area contributed by atoms with Gasteiger partial charge < -0.3 is 19.5 Å². The number of hydrogen-bond acceptors (Lipinski definition) is 5. The number of amides is 1. The van der Waals surface area contributed by atoms with Crippen molar-refractivity contribution in [3.63, 3.8) is 0 Å². The van der Waals surface area contributed by atoms with Gasteiger partial charge in [0.1, 0.15) is 12.6 Å². The molecule has 0 bridgehead atoms. The van der Waals surface area contributed by atoms with Crippen molar-refractivity contribution in [1.29, 1.82) is 0 Å². The first-order valence-corrected chi connectivity index (χ1v) is 10.9. The van der Waals surface area contributed by atoms with Crippen molar-refractivity contribution in [3.8, 4) is 0 Å². The lowest BCUT2D eigenvalue weighted by Crippen LogP contribution is -2.48. The Bertz CT molecular complexity index is 907. The first-order valence-electron chi connectivity index (χ1n) is 10.9. The van der Waals surface area contributed by atoms with Crippen LogP contribution in [0.3, 0.4) is 0 Å². The Balaban J connectivity index is 2.11. The van der Waals surface area contributed by atoms with Crippen LogP contribution in [0.1, 0.15) is 38.3 Å². The molecule has 0 aliphatic carbocycles. The van der Waals surface area contributed by atoms with E-state index in [1.807, 2.05) is 81.4 Å². The van der Waals surface area contributed by atoms with Gasteiger partial charge in [0.2, 0.25) is 5.91 Å². The minimum absolute atomic E-state index is 0.0230. The van der Waals surface area contributed by atoms with Gasteiger partial charge >= 0.3 is 11.9 Å². The van der Waals surface area contributed by atoms with E-state index in [2.05, 4.69) is 0 Å². The molecule has 2 aromatic rings.